The van der Waals surface area contributed by atoms with Crippen LogP contribution in [0.25, 0.3) is 0 Å². The van der Waals surface area contributed by atoms with Crippen LogP contribution in [0.3, 0.4) is 0 Å². The lowest BCUT2D eigenvalue weighted by atomic mass is 9.96. The third-order valence-corrected chi connectivity index (χ3v) is 6.38. The average molecular weight is 435 g/mol. The highest BCUT2D eigenvalue weighted by Gasteiger charge is 2.23. The molecule has 29 heavy (non-hydrogen) atoms. The molecule has 3 rings (SSSR count). The molecule has 1 amide bonds. The van der Waals surface area contributed by atoms with Crippen molar-refractivity contribution < 1.29 is 14.3 Å². The molecule has 1 aliphatic heterocycles. The molecule has 5 nitrogen and oxygen atoms in total. The molecule has 0 fully saturated rings. The van der Waals surface area contributed by atoms with Crippen LogP contribution in [0, 0.1) is 0 Å². The minimum absolute atomic E-state index is 0.0554. The van der Waals surface area contributed by atoms with Crippen molar-refractivity contribution in [1.29, 1.82) is 0 Å². The summed E-state index contributed by atoms with van der Waals surface area (Å²) in [4.78, 5) is 28.2. The predicted molar refractivity (Wildman–Crippen MR) is 117 cm³/mol. The van der Waals surface area contributed by atoms with Crippen LogP contribution >= 0.6 is 22.9 Å². The molecule has 1 aromatic heterocycles. The number of fused-ring (bicyclic) bond motifs is 1. The summed E-state index contributed by atoms with van der Waals surface area (Å²) in [6, 6.07) is 8.96. The number of carbonyl (C=O) groups excluding carboxylic acids is 2. The van der Waals surface area contributed by atoms with Crippen LogP contribution in [0.2, 0.25) is 4.34 Å². The van der Waals surface area contributed by atoms with Gasteiger partial charge in [-0.25, -0.2) is 0 Å². The number of ketones is 1. The number of nitrogens with one attached hydrogen (secondary N) is 1. The first-order chi connectivity index (χ1) is 14.0. The maximum Gasteiger partial charge on any atom is 0.262 e. The van der Waals surface area contributed by atoms with Crippen molar-refractivity contribution in [3.8, 4) is 0 Å². The summed E-state index contributed by atoms with van der Waals surface area (Å²) in [5.74, 6) is -0.356. The Morgan fingerprint density at radius 1 is 1.21 bits per heavy atom. The average Bonchev–Trinajstić information content (AvgIpc) is 3.06. The minimum Gasteiger partial charge on any atom is -0.379 e. The molecule has 1 N–H and O–H groups in total. The molecule has 2 heterocycles. The molecule has 7 heteroatoms. The Morgan fingerprint density at radius 3 is 2.66 bits per heavy atom. The summed E-state index contributed by atoms with van der Waals surface area (Å²) < 4.78 is 5.99. The van der Waals surface area contributed by atoms with Gasteiger partial charge in [-0.05, 0) is 55.6 Å². The summed E-state index contributed by atoms with van der Waals surface area (Å²) in [6.45, 7) is 4.59. The standard InChI is InChI=1S/C22H27ClN2O3S/c1-3-28-14-18(24-22(27)20-6-7-21(23)29-20)19(26)13-15-4-5-16-8-10-25(2)11-9-17(16)12-15/h4-7,12,18H,3,8-11,13-14H2,1-2H3,(H,24,27). The second-order valence-corrected chi connectivity index (χ2v) is 9.05. The molecule has 156 valence electrons. The van der Waals surface area contributed by atoms with Crippen LogP contribution in [0.4, 0.5) is 0 Å². The predicted octanol–water partition coefficient (Wildman–Crippen LogP) is 3.38. The first kappa shape index (κ1) is 22.0. The zero-order chi connectivity index (χ0) is 20.8. The lowest BCUT2D eigenvalue weighted by molar-refractivity contribution is -0.121. The molecule has 1 aliphatic rings. The Morgan fingerprint density at radius 2 is 1.97 bits per heavy atom. The zero-order valence-electron chi connectivity index (χ0n) is 16.9. The maximum absolute atomic E-state index is 13.0. The number of Topliss-reactive ketones (excluding diaryl/α,β-unsaturated/α-hetero) is 1. The van der Waals surface area contributed by atoms with Gasteiger partial charge in [-0.3, -0.25) is 9.59 Å². The number of thiophene rings is 1. The van der Waals surface area contributed by atoms with Gasteiger partial charge in [-0.15, -0.1) is 11.3 Å². The Hall–Kier alpha value is -1.73. The van der Waals surface area contributed by atoms with Crippen molar-refractivity contribution in [2.75, 3.05) is 33.4 Å². The van der Waals surface area contributed by atoms with Crippen LogP contribution in [0.1, 0.15) is 33.3 Å². The zero-order valence-corrected chi connectivity index (χ0v) is 18.4. The minimum atomic E-state index is -0.687. The number of hydrogen-bond acceptors (Lipinski definition) is 5. The molecule has 0 aliphatic carbocycles. The van der Waals surface area contributed by atoms with E-state index in [9.17, 15) is 9.59 Å². The normalized spacial score (nSPS) is 15.4. The maximum atomic E-state index is 13.0. The van der Waals surface area contributed by atoms with E-state index in [1.54, 1.807) is 12.1 Å². The Bertz CT molecular complexity index is 867. The van der Waals surface area contributed by atoms with E-state index >= 15 is 0 Å². The van der Waals surface area contributed by atoms with E-state index in [0.29, 0.717) is 15.8 Å². The highest BCUT2D eigenvalue weighted by atomic mass is 35.5. The van der Waals surface area contributed by atoms with Crippen molar-refractivity contribution in [2.45, 2.75) is 32.2 Å². The Balaban J connectivity index is 1.69. The fraction of sp³-hybridized carbons (Fsp3) is 0.455. The summed E-state index contributed by atoms with van der Waals surface area (Å²) in [5.41, 5.74) is 3.66. The second kappa shape index (κ2) is 10.3. The lowest BCUT2D eigenvalue weighted by Crippen LogP contribution is -2.44. The number of halogens is 1. The van der Waals surface area contributed by atoms with Gasteiger partial charge in [0.15, 0.2) is 5.78 Å². The largest absolute Gasteiger partial charge is 0.379 e. The molecule has 1 unspecified atom stereocenters. The van der Waals surface area contributed by atoms with Crippen LogP contribution in [0.5, 0.6) is 0 Å². The Labute approximate surface area is 181 Å². The van der Waals surface area contributed by atoms with E-state index in [4.69, 9.17) is 16.3 Å². The van der Waals surface area contributed by atoms with Gasteiger partial charge in [-0.2, -0.15) is 0 Å². The number of nitrogens with zero attached hydrogens (tertiary/aromatic N) is 1. The molecule has 2 aromatic rings. The van der Waals surface area contributed by atoms with E-state index in [1.165, 1.54) is 22.5 Å². The highest BCUT2D eigenvalue weighted by molar-refractivity contribution is 7.18. The lowest BCUT2D eigenvalue weighted by Gasteiger charge is -2.18. The number of likely N-dealkylation sites (N-methyl/N-ethyl adjacent to an activating group) is 1. The van der Waals surface area contributed by atoms with Gasteiger partial charge in [0.2, 0.25) is 0 Å². The fourth-order valence-electron chi connectivity index (χ4n) is 3.44. The quantitative estimate of drug-likeness (QED) is 0.692. The molecule has 0 saturated heterocycles. The van der Waals surface area contributed by atoms with Crippen molar-refractivity contribution >= 4 is 34.6 Å². The van der Waals surface area contributed by atoms with Crippen molar-refractivity contribution in [3.05, 3.63) is 56.2 Å². The number of amides is 1. The molecule has 0 radical (unpaired) electrons. The molecule has 0 bridgehead atoms. The molecule has 1 aromatic carbocycles. The first-order valence-corrected chi connectivity index (χ1v) is 11.1. The number of carbonyl (C=O) groups is 2. The van der Waals surface area contributed by atoms with Crippen LogP contribution < -0.4 is 5.32 Å². The summed E-state index contributed by atoms with van der Waals surface area (Å²) in [7, 11) is 2.14. The monoisotopic (exact) mass is 434 g/mol. The molecular weight excluding hydrogens is 408 g/mol. The van der Waals surface area contributed by atoms with Crippen LogP contribution in [0.15, 0.2) is 30.3 Å². The van der Waals surface area contributed by atoms with E-state index in [-0.39, 0.29) is 24.7 Å². The van der Waals surface area contributed by atoms with Gasteiger partial charge in [0, 0.05) is 26.1 Å². The van der Waals surface area contributed by atoms with Gasteiger partial charge in [0.05, 0.1) is 15.8 Å². The summed E-state index contributed by atoms with van der Waals surface area (Å²) in [6.07, 6.45) is 2.30. The van der Waals surface area contributed by atoms with Gasteiger partial charge in [-0.1, -0.05) is 29.8 Å². The molecule has 0 saturated carbocycles. The molecule has 0 spiro atoms. The topological polar surface area (TPSA) is 58.6 Å². The SMILES string of the molecule is CCOCC(NC(=O)c1ccc(Cl)s1)C(=O)Cc1ccc2c(c1)CCN(C)CC2. The van der Waals surface area contributed by atoms with Crippen molar-refractivity contribution in [2.24, 2.45) is 0 Å². The highest BCUT2D eigenvalue weighted by Crippen LogP contribution is 2.22. The summed E-state index contributed by atoms with van der Waals surface area (Å²) in [5, 5.41) is 2.81. The van der Waals surface area contributed by atoms with Gasteiger partial charge < -0.3 is 15.0 Å². The first-order valence-electron chi connectivity index (χ1n) is 9.92. The fourth-order valence-corrected chi connectivity index (χ4v) is 4.39. The number of hydrogen-bond donors (Lipinski definition) is 1. The Kier molecular flexibility index (Phi) is 7.84. The van der Waals surface area contributed by atoms with E-state index < -0.39 is 6.04 Å². The van der Waals surface area contributed by atoms with Gasteiger partial charge >= 0.3 is 0 Å². The van der Waals surface area contributed by atoms with Crippen LogP contribution in [-0.4, -0.2) is 56.0 Å². The third-order valence-electron chi connectivity index (χ3n) is 5.15. The van der Waals surface area contributed by atoms with Crippen molar-refractivity contribution in [1.82, 2.24) is 10.2 Å². The molecular formula is C22H27ClN2O3S. The smallest absolute Gasteiger partial charge is 0.262 e. The van der Waals surface area contributed by atoms with Crippen molar-refractivity contribution in [3.63, 3.8) is 0 Å². The second-order valence-electron chi connectivity index (χ2n) is 7.34. The number of benzene rings is 1. The van der Waals surface area contributed by atoms with E-state index in [2.05, 4.69) is 29.4 Å². The van der Waals surface area contributed by atoms with E-state index in [1.807, 2.05) is 13.0 Å². The van der Waals surface area contributed by atoms with Crippen LogP contribution in [-0.2, 0) is 28.8 Å². The molecule has 1 atom stereocenters. The van der Waals surface area contributed by atoms with Gasteiger partial charge in [0.1, 0.15) is 6.04 Å². The summed E-state index contributed by atoms with van der Waals surface area (Å²) >= 11 is 7.11. The third kappa shape index (κ3) is 6.12. The number of ether oxygens (including phenoxy) is 1. The van der Waals surface area contributed by atoms with Gasteiger partial charge in [0.25, 0.3) is 5.91 Å². The van der Waals surface area contributed by atoms with E-state index in [0.717, 1.165) is 31.5 Å². The number of rotatable bonds is 8.